The Morgan fingerprint density at radius 2 is 1.93 bits per heavy atom. The van der Waals surface area contributed by atoms with Crippen molar-refractivity contribution in [3.8, 4) is 12.3 Å². The summed E-state index contributed by atoms with van der Waals surface area (Å²) in [6.07, 6.45) is 4.96. The Morgan fingerprint density at radius 1 is 1.43 bits per heavy atom. The summed E-state index contributed by atoms with van der Waals surface area (Å²) in [4.78, 5) is 0. The molecule has 0 aliphatic carbocycles. The molecule has 0 bridgehead atoms. The van der Waals surface area contributed by atoms with Crippen LogP contribution in [0.25, 0.3) is 0 Å². The first-order valence-electron chi connectivity index (χ1n) is 3.92. The number of nitrogens with two attached hydrogens (primary N) is 1. The van der Waals surface area contributed by atoms with Gasteiger partial charge >= 0.3 is 7.67 Å². The van der Waals surface area contributed by atoms with Crippen LogP contribution in [0.4, 0.5) is 0 Å². The quantitative estimate of drug-likeness (QED) is 0.427. The molecule has 0 aliphatic heterocycles. The van der Waals surface area contributed by atoms with Gasteiger partial charge in [0.1, 0.15) is 6.61 Å². The van der Waals surface area contributed by atoms with Gasteiger partial charge in [-0.2, -0.15) is 0 Å². The van der Waals surface area contributed by atoms with Crippen molar-refractivity contribution in [1.29, 1.82) is 0 Å². The third kappa shape index (κ3) is 5.21. The van der Waals surface area contributed by atoms with E-state index < -0.39 is 7.67 Å². The molecular weight excluding hydrogens is 246 g/mol. The maximum Gasteiger partial charge on any atom is 0.341 e. The monoisotopic (exact) mass is 258 g/mol. The van der Waals surface area contributed by atoms with E-state index in [1.54, 1.807) is 0 Å². The van der Waals surface area contributed by atoms with Gasteiger partial charge in [-0.1, -0.05) is 5.92 Å². The van der Waals surface area contributed by atoms with Crippen LogP contribution in [0.1, 0.15) is 0 Å². The minimum absolute atomic E-state index is 0.0884. The molecule has 0 fully saturated rings. The molecule has 0 amide bonds. The molecule has 14 heavy (non-hydrogen) atoms. The van der Waals surface area contributed by atoms with E-state index in [9.17, 15) is 4.57 Å². The number of hydrogen-bond acceptors (Lipinski definition) is 2. The van der Waals surface area contributed by atoms with Crippen molar-refractivity contribution in [3.63, 3.8) is 0 Å². The van der Waals surface area contributed by atoms with E-state index in [2.05, 4.69) is 5.92 Å². The molecule has 7 heteroatoms. The molecule has 0 rings (SSSR count). The summed E-state index contributed by atoms with van der Waals surface area (Å²) in [6.45, 7) is 0.619. The van der Waals surface area contributed by atoms with Gasteiger partial charge in [-0.05, 0) is 0 Å². The summed E-state index contributed by atoms with van der Waals surface area (Å²) in [6, 6.07) is 0. The van der Waals surface area contributed by atoms with E-state index in [1.165, 1.54) is 4.67 Å². The molecule has 0 aliphatic rings. The third-order valence-electron chi connectivity index (χ3n) is 1.41. The van der Waals surface area contributed by atoms with Crippen molar-refractivity contribution >= 4 is 30.9 Å². The van der Waals surface area contributed by atoms with Crippen LogP contribution in [-0.2, 0) is 9.09 Å². The highest BCUT2D eigenvalue weighted by molar-refractivity contribution is 7.53. The zero-order chi connectivity index (χ0) is 11.0. The first kappa shape index (κ1) is 14.2. The molecule has 0 spiro atoms. The van der Waals surface area contributed by atoms with Crippen LogP contribution in [-0.4, -0.2) is 36.1 Å². The van der Waals surface area contributed by atoms with Crippen molar-refractivity contribution in [3.05, 3.63) is 0 Å². The summed E-state index contributed by atoms with van der Waals surface area (Å²) < 4.78 is 18.0. The molecule has 0 aromatic heterocycles. The minimum Gasteiger partial charge on any atom is -0.293 e. The van der Waals surface area contributed by atoms with Gasteiger partial charge in [0.15, 0.2) is 0 Å². The lowest BCUT2D eigenvalue weighted by Gasteiger charge is -2.25. The molecule has 0 saturated heterocycles. The largest absolute Gasteiger partial charge is 0.341 e. The van der Waals surface area contributed by atoms with Gasteiger partial charge in [0.05, 0.1) is 0 Å². The second kappa shape index (κ2) is 7.53. The number of rotatable bonds is 7. The third-order valence-corrected chi connectivity index (χ3v) is 3.44. The molecule has 4 nitrogen and oxygen atoms in total. The van der Waals surface area contributed by atoms with Gasteiger partial charge in [-0.15, -0.1) is 29.6 Å². The van der Waals surface area contributed by atoms with Crippen molar-refractivity contribution in [2.75, 3.05) is 31.5 Å². The lowest BCUT2D eigenvalue weighted by Crippen LogP contribution is -2.29. The maximum atomic E-state index is 11.7. The van der Waals surface area contributed by atoms with Crippen LogP contribution < -0.4 is 5.50 Å². The van der Waals surface area contributed by atoms with E-state index in [-0.39, 0.29) is 6.61 Å². The van der Waals surface area contributed by atoms with E-state index in [0.717, 1.165) is 0 Å². The molecule has 82 valence electrons. The van der Waals surface area contributed by atoms with Gasteiger partial charge in [0, 0.05) is 24.8 Å². The summed E-state index contributed by atoms with van der Waals surface area (Å²) in [5, 5.41) is 0. The Hall–Kier alpha value is 0.250. The average Bonchev–Trinajstić information content (AvgIpc) is 2.14. The van der Waals surface area contributed by atoms with Crippen LogP contribution in [0, 0.1) is 12.3 Å². The van der Waals surface area contributed by atoms with E-state index >= 15 is 0 Å². The highest BCUT2D eigenvalue weighted by atomic mass is 35.5. The van der Waals surface area contributed by atoms with Crippen LogP contribution in [0.3, 0.4) is 0 Å². The van der Waals surface area contributed by atoms with Crippen molar-refractivity contribution in [2.24, 2.45) is 5.50 Å². The smallest absolute Gasteiger partial charge is 0.293 e. The van der Waals surface area contributed by atoms with E-state index in [4.69, 9.17) is 39.7 Å². The van der Waals surface area contributed by atoms with Crippen LogP contribution in [0.5, 0.6) is 0 Å². The maximum absolute atomic E-state index is 11.7. The Labute approximate surface area is 94.2 Å². The number of hydrogen-bond donors (Lipinski definition) is 1. The molecule has 0 saturated carbocycles. The molecular formula is C7H13Cl2N2O2P. The van der Waals surface area contributed by atoms with Gasteiger partial charge in [0.2, 0.25) is 0 Å². The summed E-state index contributed by atoms with van der Waals surface area (Å²) >= 11 is 11.0. The summed E-state index contributed by atoms with van der Waals surface area (Å²) in [5.74, 6) is 2.80. The average molecular weight is 259 g/mol. The predicted molar refractivity (Wildman–Crippen MR) is 59.6 cm³/mol. The number of halogens is 2. The highest BCUT2D eigenvalue weighted by Gasteiger charge is 2.25. The van der Waals surface area contributed by atoms with E-state index in [0.29, 0.717) is 24.8 Å². The van der Waals surface area contributed by atoms with Gasteiger partial charge in [0.25, 0.3) is 0 Å². The van der Waals surface area contributed by atoms with Crippen LogP contribution >= 0.6 is 30.9 Å². The fourth-order valence-corrected chi connectivity index (χ4v) is 2.62. The molecule has 1 atom stereocenters. The first-order chi connectivity index (χ1) is 6.58. The number of terminal acetylenes is 1. The van der Waals surface area contributed by atoms with E-state index in [1.807, 2.05) is 0 Å². The lowest BCUT2D eigenvalue weighted by molar-refractivity contribution is 0.296. The lowest BCUT2D eigenvalue weighted by atomic mass is 10.6. The standard InChI is InChI=1S/C7H13Cl2N2O2P/c1-2-7-13-14(10,12)11(5-3-8)6-4-9/h1H,3-7H2,(H2,10,12). The highest BCUT2D eigenvalue weighted by Crippen LogP contribution is 2.41. The molecule has 0 radical (unpaired) electrons. The number of alkyl halides is 2. The molecule has 2 N–H and O–H groups in total. The van der Waals surface area contributed by atoms with Crippen LogP contribution in [0.2, 0.25) is 0 Å². The Kier molecular flexibility index (Phi) is 7.66. The molecule has 0 aromatic carbocycles. The summed E-state index contributed by atoms with van der Waals surface area (Å²) in [5.41, 5.74) is 5.47. The normalized spacial score (nSPS) is 15.1. The first-order valence-corrected chi connectivity index (χ1v) is 6.64. The SMILES string of the molecule is C#CCOP(N)(=O)N(CCCl)CCCl. The fraction of sp³-hybridized carbons (Fsp3) is 0.714. The van der Waals surface area contributed by atoms with Gasteiger partial charge in [-0.25, -0.2) is 10.2 Å². The number of nitrogens with zero attached hydrogens (tertiary/aromatic N) is 1. The molecule has 1 unspecified atom stereocenters. The fourth-order valence-electron chi connectivity index (χ4n) is 0.797. The van der Waals surface area contributed by atoms with Crippen molar-refractivity contribution in [2.45, 2.75) is 0 Å². The molecule has 0 aromatic rings. The second-order valence-electron chi connectivity index (χ2n) is 2.37. The minimum atomic E-state index is -3.33. The van der Waals surface area contributed by atoms with Crippen LogP contribution in [0.15, 0.2) is 0 Å². The Bertz CT molecular complexity index is 238. The summed E-state index contributed by atoms with van der Waals surface area (Å²) in [7, 11) is -3.33. The Balaban J connectivity index is 4.30. The zero-order valence-electron chi connectivity index (χ0n) is 7.66. The van der Waals surface area contributed by atoms with Crippen molar-refractivity contribution < 1.29 is 9.09 Å². The topological polar surface area (TPSA) is 55.6 Å². The second-order valence-corrected chi connectivity index (χ2v) is 5.08. The van der Waals surface area contributed by atoms with Crippen molar-refractivity contribution in [1.82, 2.24) is 4.67 Å². The predicted octanol–water partition coefficient (Wildman–Crippen LogP) is 1.48. The van der Waals surface area contributed by atoms with Gasteiger partial charge in [-0.3, -0.25) is 9.09 Å². The molecule has 0 heterocycles. The Morgan fingerprint density at radius 3 is 2.29 bits per heavy atom. The zero-order valence-corrected chi connectivity index (χ0v) is 10.1. The van der Waals surface area contributed by atoms with Gasteiger partial charge < -0.3 is 0 Å².